The van der Waals surface area contributed by atoms with Crippen molar-refractivity contribution < 1.29 is 19.4 Å². The van der Waals surface area contributed by atoms with E-state index >= 15 is 0 Å². The number of aliphatic carboxylic acids is 1. The summed E-state index contributed by atoms with van der Waals surface area (Å²) < 4.78 is 7.93. The average molecular weight is 471 g/mol. The maximum Gasteiger partial charge on any atom is 0.303 e. The summed E-state index contributed by atoms with van der Waals surface area (Å²) >= 11 is 3.46. The smallest absolute Gasteiger partial charge is 0.303 e. The first-order valence-corrected chi connectivity index (χ1v) is 10.3. The molecule has 0 saturated carbocycles. The van der Waals surface area contributed by atoms with E-state index in [4.69, 9.17) is 9.84 Å². The van der Waals surface area contributed by atoms with Crippen molar-refractivity contribution >= 4 is 33.5 Å². The number of anilines is 1. The van der Waals surface area contributed by atoms with E-state index in [-0.39, 0.29) is 18.9 Å². The predicted molar refractivity (Wildman–Crippen MR) is 120 cm³/mol. The minimum Gasteiger partial charge on any atom is -0.481 e. The van der Waals surface area contributed by atoms with Crippen LogP contribution in [0.5, 0.6) is 0 Å². The summed E-state index contributed by atoms with van der Waals surface area (Å²) in [7, 11) is 1.47. The molecule has 30 heavy (non-hydrogen) atoms. The van der Waals surface area contributed by atoms with Gasteiger partial charge in [0.25, 0.3) is 0 Å². The van der Waals surface area contributed by atoms with Crippen LogP contribution in [-0.4, -0.2) is 35.3 Å². The Bertz CT molecular complexity index is 1060. The van der Waals surface area contributed by atoms with Crippen molar-refractivity contribution in [1.82, 2.24) is 4.57 Å². The molecule has 0 bridgehead atoms. The zero-order valence-electron chi connectivity index (χ0n) is 16.8. The molecular weight excluding hydrogens is 448 g/mol. The molecule has 1 amide bonds. The fourth-order valence-electron chi connectivity index (χ4n) is 3.35. The van der Waals surface area contributed by atoms with E-state index < -0.39 is 5.97 Å². The van der Waals surface area contributed by atoms with E-state index in [0.717, 1.165) is 32.7 Å². The molecule has 0 atom stereocenters. The van der Waals surface area contributed by atoms with Gasteiger partial charge in [-0.2, -0.15) is 0 Å². The van der Waals surface area contributed by atoms with E-state index in [0.29, 0.717) is 12.1 Å². The number of hydrogen-bond donors (Lipinski definition) is 2. The molecule has 0 aliphatic carbocycles. The van der Waals surface area contributed by atoms with Gasteiger partial charge >= 0.3 is 5.97 Å². The monoisotopic (exact) mass is 470 g/mol. The molecule has 2 aromatic carbocycles. The van der Waals surface area contributed by atoms with Gasteiger partial charge in [-0.05, 0) is 66.9 Å². The number of rotatable bonds is 8. The topological polar surface area (TPSA) is 80.6 Å². The summed E-state index contributed by atoms with van der Waals surface area (Å²) in [6.45, 7) is 1.96. The maximum absolute atomic E-state index is 11.8. The summed E-state index contributed by atoms with van der Waals surface area (Å²) in [4.78, 5) is 22.9. The molecule has 0 unspecified atom stereocenters. The van der Waals surface area contributed by atoms with Crippen molar-refractivity contribution in [3.05, 3.63) is 70.3 Å². The van der Waals surface area contributed by atoms with Crippen molar-refractivity contribution in [2.45, 2.75) is 19.8 Å². The van der Waals surface area contributed by atoms with Crippen molar-refractivity contribution in [3.63, 3.8) is 0 Å². The second-order valence-corrected chi connectivity index (χ2v) is 7.84. The van der Waals surface area contributed by atoms with Gasteiger partial charge in [0.05, 0.1) is 12.1 Å². The number of ether oxygens (including phenoxy) is 1. The molecule has 3 rings (SSSR count). The van der Waals surface area contributed by atoms with Gasteiger partial charge < -0.3 is 19.7 Å². The normalized spacial score (nSPS) is 10.8. The Morgan fingerprint density at radius 1 is 1.10 bits per heavy atom. The first kappa shape index (κ1) is 21.8. The third-order valence-electron chi connectivity index (χ3n) is 4.69. The van der Waals surface area contributed by atoms with Crippen molar-refractivity contribution in [3.8, 4) is 16.9 Å². The lowest BCUT2D eigenvalue weighted by Gasteiger charge is -2.17. The Morgan fingerprint density at radius 2 is 1.83 bits per heavy atom. The maximum atomic E-state index is 11.8. The Morgan fingerprint density at radius 3 is 2.47 bits per heavy atom. The fourth-order valence-corrected chi connectivity index (χ4v) is 3.62. The molecule has 0 spiro atoms. The lowest BCUT2D eigenvalue weighted by Crippen LogP contribution is -2.17. The van der Waals surface area contributed by atoms with Crippen LogP contribution in [0, 0.1) is 6.92 Å². The number of amides is 1. The number of methoxy groups -OCH3 is 1. The third kappa shape index (κ3) is 5.17. The van der Waals surface area contributed by atoms with E-state index in [9.17, 15) is 9.59 Å². The number of aromatic nitrogens is 1. The minimum absolute atomic E-state index is 0.00848. The SMILES string of the molecule is COCC(=O)Nc1ccc(-n2c(CCC(=O)O)ccc2-c2ccc(Br)cc2)c(C)c1. The first-order valence-electron chi connectivity index (χ1n) is 9.47. The molecule has 0 radical (unpaired) electrons. The number of hydrogen-bond acceptors (Lipinski definition) is 3. The Kier molecular flexibility index (Phi) is 7.07. The summed E-state index contributed by atoms with van der Waals surface area (Å²) in [5, 5.41) is 12.0. The van der Waals surface area contributed by atoms with Gasteiger partial charge in [-0.15, -0.1) is 0 Å². The van der Waals surface area contributed by atoms with Crippen LogP contribution in [0.2, 0.25) is 0 Å². The van der Waals surface area contributed by atoms with Crippen LogP contribution in [0.3, 0.4) is 0 Å². The number of carboxylic acid groups (broad SMARTS) is 1. The van der Waals surface area contributed by atoms with Gasteiger partial charge in [0, 0.05) is 28.7 Å². The minimum atomic E-state index is -0.833. The largest absolute Gasteiger partial charge is 0.481 e. The molecule has 156 valence electrons. The number of carbonyl (C=O) groups is 2. The molecule has 0 saturated heterocycles. The quantitative estimate of drug-likeness (QED) is 0.494. The fraction of sp³-hybridized carbons (Fsp3) is 0.217. The van der Waals surface area contributed by atoms with Crippen LogP contribution >= 0.6 is 15.9 Å². The van der Waals surface area contributed by atoms with Crippen molar-refractivity contribution in [2.24, 2.45) is 0 Å². The number of nitrogens with zero attached hydrogens (tertiary/aromatic N) is 1. The van der Waals surface area contributed by atoms with Gasteiger partial charge in [0.15, 0.2) is 0 Å². The number of carboxylic acids is 1. The molecule has 1 heterocycles. The molecule has 6 nitrogen and oxygen atoms in total. The Labute approximate surface area is 183 Å². The Hall–Kier alpha value is -2.90. The third-order valence-corrected chi connectivity index (χ3v) is 5.22. The second-order valence-electron chi connectivity index (χ2n) is 6.93. The van der Waals surface area contributed by atoms with Crippen LogP contribution < -0.4 is 5.32 Å². The van der Waals surface area contributed by atoms with Gasteiger partial charge in [0.2, 0.25) is 5.91 Å². The van der Waals surface area contributed by atoms with Crippen molar-refractivity contribution in [1.29, 1.82) is 0 Å². The molecule has 0 fully saturated rings. The molecule has 0 aliphatic heterocycles. The lowest BCUT2D eigenvalue weighted by atomic mass is 10.1. The molecule has 0 aliphatic rings. The summed E-state index contributed by atoms with van der Waals surface area (Å²) in [5.74, 6) is -1.05. The van der Waals surface area contributed by atoms with Crippen LogP contribution in [0.4, 0.5) is 5.69 Å². The van der Waals surface area contributed by atoms with Crippen LogP contribution in [0.15, 0.2) is 59.1 Å². The van der Waals surface area contributed by atoms with Crippen molar-refractivity contribution in [2.75, 3.05) is 19.0 Å². The Balaban J connectivity index is 2.03. The van der Waals surface area contributed by atoms with E-state index in [2.05, 4.69) is 25.8 Å². The molecule has 2 N–H and O–H groups in total. The lowest BCUT2D eigenvalue weighted by molar-refractivity contribution is -0.137. The van der Waals surface area contributed by atoms with Gasteiger partial charge in [-0.3, -0.25) is 9.59 Å². The van der Waals surface area contributed by atoms with E-state index in [1.807, 2.05) is 61.5 Å². The first-order chi connectivity index (χ1) is 14.4. The highest BCUT2D eigenvalue weighted by Gasteiger charge is 2.15. The number of benzene rings is 2. The van der Waals surface area contributed by atoms with E-state index in [1.165, 1.54) is 7.11 Å². The molecule has 7 heteroatoms. The van der Waals surface area contributed by atoms with Crippen LogP contribution in [0.25, 0.3) is 16.9 Å². The second kappa shape index (κ2) is 9.73. The summed E-state index contributed by atoms with van der Waals surface area (Å²) in [6.07, 6.45) is 0.464. The summed E-state index contributed by atoms with van der Waals surface area (Å²) in [5.41, 5.74) is 5.48. The van der Waals surface area contributed by atoms with Gasteiger partial charge in [-0.25, -0.2) is 0 Å². The zero-order valence-corrected chi connectivity index (χ0v) is 18.4. The number of aryl methyl sites for hydroxylation is 2. The van der Waals surface area contributed by atoms with Gasteiger partial charge in [-0.1, -0.05) is 28.1 Å². The summed E-state index contributed by atoms with van der Waals surface area (Å²) in [6, 6.07) is 17.6. The standard InChI is InChI=1S/C23H23BrN2O4/c1-15-13-18(25-22(27)14-30-2)7-10-20(15)26-19(9-12-23(28)29)8-11-21(26)16-3-5-17(24)6-4-16/h3-8,10-11,13H,9,12,14H2,1-2H3,(H,25,27)(H,28,29). The molecule has 3 aromatic rings. The zero-order chi connectivity index (χ0) is 21.7. The highest BCUT2D eigenvalue weighted by Crippen LogP contribution is 2.31. The molecule has 1 aromatic heterocycles. The number of nitrogens with one attached hydrogen (secondary N) is 1. The average Bonchev–Trinajstić information content (AvgIpc) is 3.11. The van der Waals surface area contributed by atoms with Crippen LogP contribution in [-0.2, 0) is 20.7 Å². The predicted octanol–water partition coefficient (Wildman–Crippen LogP) is 4.82. The number of halogens is 1. The highest BCUT2D eigenvalue weighted by molar-refractivity contribution is 9.10. The van der Waals surface area contributed by atoms with Crippen LogP contribution in [0.1, 0.15) is 17.7 Å². The molecular formula is C23H23BrN2O4. The highest BCUT2D eigenvalue weighted by atomic mass is 79.9. The van der Waals surface area contributed by atoms with Gasteiger partial charge in [0.1, 0.15) is 6.61 Å². The number of carbonyl (C=O) groups excluding carboxylic acids is 1. The van der Waals surface area contributed by atoms with E-state index in [1.54, 1.807) is 0 Å².